The highest BCUT2D eigenvalue weighted by Gasteiger charge is 2.35. The molecule has 2 aromatic carbocycles. The first-order valence-corrected chi connectivity index (χ1v) is 11.1. The third-order valence-corrected chi connectivity index (χ3v) is 6.34. The minimum atomic E-state index is -0.859. The first kappa shape index (κ1) is 22.5. The smallest absolute Gasteiger partial charge is 0.321 e. The summed E-state index contributed by atoms with van der Waals surface area (Å²) in [5, 5.41) is 29.6. The fraction of sp³-hybridized carbons (Fsp3) is 0.458. The number of hydrogen-bond acceptors (Lipinski definition) is 7. The number of nitrogens with one attached hydrogen (secondary N) is 3. The van der Waals surface area contributed by atoms with Crippen molar-refractivity contribution in [2.45, 2.75) is 37.2 Å². The van der Waals surface area contributed by atoms with Gasteiger partial charge in [-0.2, -0.15) is 0 Å². The molecule has 4 rings (SSSR count). The number of aliphatic carboxylic acids is 1. The summed E-state index contributed by atoms with van der Waals surface area (Å²) in [5.74, 6) is 0.413. The molecule has 2 aliphatic rings. The average molecular weight is 441 g/mol. The predicted octanol–water partition coefficient (Wildman–Crippen LogP) is 1.43. The second-order valence-corrected chi connectivity index (χ2v) is 8.55. The summed E-state index contributed by atoms with van der Waals surface area (Å²) < 4.78 is 5.23. The van der Waals surface area contributed by atoms with Gasteiger partial charge in [0.2, 0.25) is 0 Å². The van der Waals surface area contributed by atoms with Crippen LogP contribution in [0.5, 0.6) is 5.75 Å². The number of hydrogen-bond donors (Lipinski definition) is 5. The molecule has 0 unspecified atom stereocenters. The fourth-order valence-corrected chi connectivity index (χ4v) is 4.47. The highest BCUT2D eigenvalue weighted by atomic mass is 16.5. The Labute approximate surface area is 188 Å². The maximum Gasteiger partial charge on any atom is 0.321 e. The molecule has 0 aliphatic carbocycles. The Balaban J connectivity index is 1.23. The Morgan fingerprint density at radius 2 is 1.81 bits per heavy atom. The molecular formula is C24H32N4O4. The van der Waals surface area contributed by atoms with Crippen LogP contribution in [0.4, 0.5) is 5.69 Å². The molecule has 8 nitrogen and oxygen atoms in total. The van der Waals surface area contributed by atoms with E-state index in [4.69, 9.17) is 4.74 Å². The van der Waals surface area contributed by atoms with Crippen LogP contribution in [0.15, 0.2) is 48.5 Å². The minimum Gasteiger partial charge on any atom is -0.497 e. The lowest BCUT2D eigenvalue weighted by molar-refractivity contribution is -0.142. The second kappa shape index (κ2) is 10.3. The Bertz CT molecular complexity index is 882. The largest absolute Gasteiger partial charge is 0.497 e. The summed E-state index contributed by atoms with van der Waals surface area (Å²) in [6.45, 7) is 2.80. The molecule has 2 atom stereocenters. The van der Waals surface area contributed by atoms with Gasteiger partial charge in [-0.1, -0.05) is 24.3 Å². The van der Waals surface area contributed by atoms with E-state index in [1.54, 1.807) is 7.11 Å². The van der Waals surface area contributed by atoms with E-state index >= 15 is 0 Å². The number of rotatable bonds is 8. The molecule has 2 heterocycles. The summed E-state index contributed by atoms with van der Waals surface area (Å²) in [6, 6.07) is 15.8. The molecule has 8 heteroatoms. The van der Waals surface area contributed by atoms with Gasteiger partial charge in [-0.3, -0.25) is 20.3 Å². The summed E-state index contributed by atoms with van der Waals surface area (Å²) in [5.41, 5.74) is 3.44. The number of carbonyl (C=O) groups is 1. The highest BCUT2D eigenvalue weighted by Crippen LogP contribution is 2.21. The van der Waals surface area contributed by atoms with Gasteiger partial charge in [0.1, 0.15) is 18.1 Å². The molecule has 0 amide bonds. The van der Waals surface area contributed by atoms with Crippen molar-refractivity contribution in [1.82, 2.24) is 15.5 Å². The SMILES string of the molecule is COc1ccc(C2CNC(Nc3ccc(CCN4C[C@H](O)C[C@@H]4C(=O)O)cc3)NC2)cc1. The Hall–Kier alpha value is -2.65. The molecule has 172 valence electrons. The van der Waals surface area contributed by atoms with Gasteiger partial charge in [0.05, 0.1) is 13.2 Å². The number of likely N-dealkylation sites (tertiary alicyclic amines) is 1. The van der Waals surface area contributed by atoms with E-state index < -0.39 is 18.1 Å². The molecule has 2 aromatic rings. The number of aliphatic hydroxyl groups excluding tert-OH is 1. The van der Waals surface area contributed by atoms with E-state index in [0.29, 0.717) is 25.4 Å². The van der Waals surface area contributed by atoms with Gasteiger partial charge < -0.3 is 20.3 Å². The third-order valence-electron chi connectivity index (χ3n) is 6.34. The zero-order valence-corrected chi connectivity index (χ0v) is 18.3. The van der Waals surface area contributed by atoms with Crippen LogP contribution in [0, 0.1) is 0 Å². The first-order valence-electron chi connectivity index (χ1n) is 11.1. The zero-order chi connectivity index (χ0) is 22.5. The predicted molar refractivity (Wildman–Crippen MR) is 123 cm³/mol. The Kier molecular flexibility index (Phi) is 7.26. The van der Waals surface area contributed by atoms with Crippen molar-refractivity contribution in [1.29, 1.82) is 0 Å². The molecule has 2 fully saturated rings. The van der Waals surface area contributed by atoms with E-state index in [9.17, 15) is 15.0 Å². The van der Waals surface area contributed by atoms with E-state index in [1.807, 2.05) is 29.2 Å². The zero-order valence-electron chi connectivity index (χ0n) is 18.3. The monoisotopic (exact) mass is 440 g/mol. The molecule has 32 heavy (non-hydrogen) atoms. The minimum absolute atomic E-state index is 0.00207. The summed E-state index contributed by atoms with van der Waals surface area (Å²) in [7, 11) is 1.68. The van der Waals surface area contributed by atoms with Crippen molar-refractivity contribution in [3.63, 3.8) is 0 Å². The van der Waals surface area contributed by atoms with Gasteiger partial charge in [0, 0.05) is 44.2 Å². The van der Waals surface area contributed by atoms with Crippen molar-refractivity contribution in [3.8, 4) is 5.75 Å². The molecule has 0 aromatic heterocycles. The fourth-order valence-electron chi connectivity index (χ4n) is 4.47. The number of aliphatic hydroxyl groups is 1. The van der Waals surface area contributed by atoms with Crippen molar-refractivity contribution >= 4 is 11.7 Å². The third kappa shape index (κ3) is 5.58. The van der Waals surface area contributed by atoms with Crippen molar-refractivity contribution in [2.24, 2.45) is 0 Å². The normalized spacial score (nSPS) is 26.1. The maximum absolute atomic E-state index is 11.4. The lowest BCUT2D eigenvalue weighted by atomic mass is 9.97. The van der Waals surface area contributed by atoms with Crippen LogP contribution in [-0.4, -0.2) is 72.8 Å². The van der Waals surface area contributed by atoms with Gasteiger partial charge in [-0.15, -0.1) is 0 Å². The topological polar surface area (TPSA) is 106 Å². The molecule has 0 radical (unpaired) electrons. The number of anilines is 1. The van der Waals surface area contributed by atoms with Crippen LogP contribution in [0.2, 0.25) is 0 Å². The summed E-state index contributed by atoms with van der Waals surface area (Å²) in [6.07, 6.45) is 0.499. The molecule has 2 aliphatic heterocycles. The molecular weight excluding hydrogens is 408 g/mol. The number of nitrogens with zero attached hydrogens (tertiary/aromatic N) is 1. The van der Waals surface area contributed by atoms with Gasteiger partial charge in [-0.05, 0) is 41.8 Å². The standard InChI is InChI=1S/C24H32N4O4/c1-32-21-8-4-17(5-9-21)18-13-25-24(26-14-18)27-19-6-2-16(3-7-19)10-11-28-15-20(29)12-22(28)23(30)31/h2-9,18,20,22,24-27,29H,10-15H2,1H3,(H,30,31)/t18?,20-,22-,24?/m1/s1. The van der Waals surface area contributed by atoms with E-state index in [2.05, 4.69) is 40.2 Å². The molecule has 0 bridgehead atoms. The number of benzene rings is 2. The maximum atomic E-state index is 11.4. The lowest BCUT2D eigenvalue weighted by Crippen LogP contribution is -2.55. The molecule has 0 spiro atoms. The first-order chi connectivity index (χ1) is 15.5. The number of β-amino-alcohol motifs (C(OH)–C–C–N with tert-alkyl or cyclic N) is 1. The quantitative estimate of drug-likeness (QED) is 0.420. The van der Waals surface area contributed by atoms with Crippen LogP contribution in [0.25, 0.3) is 0 Å². The van der Waals surface area contributed by atoms with Crippen LogP contribution < -0.4 is 20.7 Å². The summed E-state index contributed by atoms with van der Waals surface area (Å²) in [4.78, 5) is 13.2. The Morgan fingerprint density at radius 1 is 1.12 bits per heavy atom. The van der Waals surface area contributed by atoms with Crippen LogP contribution in [0.1, 0.15) is 23.5 Å². The lowest BCUT2D eigenvalue weighted by Gasteiger charge is -2.32. The van der Waals surface area contributed by atoms with Crippen molar-refractivity contribution in [3.05, 3.63) is 59.7 Å². The van der Waals surface area contributed by atoms with Crippen LogP contribution >= 0.6 is 0 Å². The summed E-state index contributed by atoms with van der Waals surface area (Å²) >= 11 is 0. The van der Waals surface area contributed by atoms with E-state index in [-0.39, 0.29) is 6.29 Å². The Morgan fingerprint density at radius 3 is 2.44 bits per heavy atom. The molecule has 5 N–H and O–H groups in total. The second-order valence-electron chi connectivity index (χ2n) is 8.55. The number of carboxylic acids is 1. The highest BCUT2D eigenvalue weighted by molar-refractivity contribution is 5.74. The number of methoxy groups -OCH3 is 1. The van der Waals surface area contributed by atoms with Crippen molar-refractivity contribution in [2.75, 3.05) is 38.6 Å². The number of ether oxygens (including phenoxy) is 1. The average Bonchev–Trinajstić information content (AvgIpc) is 3.20. The van der Waals surface area contributed by atoms with Gasteiger partial charge in [0.15, 0.2) is 0 Å². The van der Waals surface area contributed by atoms with Crippen LogP contribution in [0.3, 0.4) is 0 Å². The van der Waals surface area contributed by atoms with Crippen molar-refractivity contribution < 1.29 is 19.7 Å². The van der Waals surface area contributed by atoms with E-state index in [1.165, 1.54) is 5.56 Å². The number of carboxylic acid groups (broad SMARTS) is 1. The van der Waals surface area contributed by atoms with Crippen LogP contribution in [-0.2, 0) is 11.2 Å². The van der Waals surface area contributed by atoms with Gasteiger partial charge in [-0.25, -0.2) is 0 Å². The molecule has 2 saturated heterocycles. The van der Waals surface area contributed by atoms with Gasteiger partial charge >= 0.3 is 5.97 Å². The van der Waals surface area contributed by atoms with E-state index in [0.717, 1.165) is 36.5 Å². The molecule has 0 saturated carbocycles. The van der Waals surface area contributed by atoms with Gasteiger partial charge in [0.25, 0.3) is 0 Å².